The largest absolute Gasteiger partial charge is 0.507 e. The van der Waals surface area contributed by atoms with E-state index in [0.29, 0.717) is 36.4 Å². The highest BCUT2D eigenvalue weighted by atomic mass is 19.4. The maximum atomic E-state index is 12.9. The average molecular weight is 393 g/mol. The predicted octanol–water partition coefficient (Wildman–Crippen LogP) is 3.88. The van der Waals surface area contributed by atoms with Gasteiger partial charge in [-0.2, -0.15) is 18.2 Å². The van der Waals surface area contributed by atoms with E-state index in [0.717, 1.165) is 18.9 Å². The highest BCUT2D eigenvalue weighted by Crippen LogP contribution is 2.39. The molecule has 0 radical (unpaired) electrons. The summed E-state index contributed by atoms with van der Waals surface area (Å²) in [4.78, 5) is 10.5. The first-order valence-corrected chi connectivity index (χ1v) is 8.84. The van der Waals surface area contributed by atoms with E-state index in [-0.39, 0.29) is 16.8 Å². The minimum Gasteiger partial charge on any atom is -0.507 e. The Kier molecular flexibility index (Phi) is 4.41. The third-order valence-electron chi connectivity index (χ3n) is 4.81. The molecule has 0 aliphatic carbocycles. The van der Waals surface area contributed by atoms with Gasteiger partial charge in [-0.25, -0.2) is 4.98 Å². The molecule has 1 aromatic carbocycles. The van der Waals surface area contributed by atoms with Crippen molar-refractivity contribution in [1.82, 2.24) is 9.97 Å². The van der Waals surface area contributed by atoms with E-state index in [2.05, 4.69) is 9.97 Å². The molecule has 0 saturated carbocycles. The monoisotopic (exact) mass is 393 g/mol. The van der Waals surface area contributed by atoms with Gasteiger partial charge in [-0.3, -0.25) is 0 Å². The Hall–Kier alpha value is -2.81. The smallest absolute Gasteiger partial charge is 0.416 e. The molecule has 1 atom stereocenters. The van der Waals surface area contributed by atoms with Crippen molar-refractivity contribution >= 4 is 17.2 Å². The number of piperidine rings is 1. The SMILES string of the molecule is Cc1cc(C(F)(F)F)cc(O)c1-c1ccc2oc(N3CCC[C@@H](O)C3)nc2n1. The number of phenolic OH excluding ortho intramolecular Hbond substituents is 1. The first kappa shape index (κ1) is 18.5. The van der Waals surface area contributed by atoms with Crippen molar-refractivity contribution in [2.45, 2.75) is 32.0 Å². The molecule has 28 heavy (non-hydrogen) atoms. The van der Waals surface area contributed by atoms with Gasteiger partial charge in [-0.1, -0.05) is 0 Å². The summed E-state index contributed by atoms with van der Waals surface area (Å²) in [6.45, 7) is 2.60. The van der Waals surface area contributed by atoms with Gasteiger partial charge in [0.15, 0.2) is 5.58 Å². The topological polar surface area (TPSA) is 82.6 Å². The number of oxazole rings is 1. The molecule has 6 nitrogen and oxygen atoms in total. The third kappa shape index (κ3) is 3.37. The van der Waals surface area contributed by atoms with Crippen molar-refractivity contribution in [2.24, 2.45) is 0 Å². The molecule has 1 aliphatic heterocycles. The number of rotatable bonds is 2. The number of β-amino-alcohol motifs (C(OH)–C–C–N with tert-alkyl or cyclic N) is 1. The Balaban J connectivity index is 1.72. The van der Waals surface area contributed by atoms with Crippen LogP contribution < -0.4 is 4.90 Å². The summed E-state index contributed by atoms with van der Waals surface area (Å²) >= 11 is 0. The Morgan fingerprint density at radius 1 is 1.21 bits per heavy atom. The van der Waals surface area contributed by atoms with Gasteiger partial charge in [-0.15, -0.1) is 0 Å². The molecule has 3 aromatic rings. The Morgan fingerprint density at radius 2 is 2.00 bits per heavy atom. The summed E-state index contributed by atoms with van der Waals surface area (Å²) in [6, 6.07) is 5.19. The Labute approximate surface area is 158 Å². The highest BCUT2D eigenvalue weighted by Gasteiger charge is 2.32. The van der Waals surface area contributed by atoms with Gasteiger partial charge < -0.3 is 19.5 Å². The van der Waals surface area contributed by atoms with Crippen molar-refractivity contribution < 1.29 is 27.8 Å². The summed E-state index contributed by atoms with van der Waals surface area (Å²) in [6.07, 6.45) is -3.44. The van der Waals surface area contributed by atoms with Crippen molar-refractivity contribution in [3.63, 3.8) is 0 Å². The van der Waals surface area contributed by atoms with Gasteiger partial charge in [0.1, 0.15) is 5.75 Å². The van der Waals surface area contributed by atoms with Crippen LogP contribution in [0.1, 0.15) is 24.0 Å². The summed E-state index contributed by atoms with van der Waals surface area (Å²) in [7, 11) is 0. The van der Waals surface area contributed by atoms with Gasteiger partial charge in [0.2, 0.25) is 5.65 Å². The summed E-state index contributed by atoms with van der Waals surface area (Å²) in [5, 5.41) is 20.0. The second-order valence-electron chi connectivity index (χ2n) is 6.94. The van der Waals surface area contributed by atoms with Gasteiger partial charge in [-0.05, 0) is 49.6 Å². The summed E-state index contributed by atoms with van der Waals surface area (Å²) < 4.78 is 44.5. The summed E-state index contributed by atoms with van der Waals surface area (Å²) in [5.41, 5.74) is 0.554. The number of aliphatic hydroxyl groups is 1. The van der Waals surface area contributed by atoms with E-state index >= 15 is 0 Å². The number of aromatic nitrogens is 2. The zero-order valence-electron chi connectivity index (χ0n) is 15.0. The molecule has 2 aromatic heterocycles. The Morgan fingerprint density at radius 3 is 2.68 bits per heavy atom. The van der Waals surface area contributed by atoms with Crippen LogP contribution in [0.4, 0.5) is 19.2 Å². The number of aryl methyl sites for hydroxylation is 1. The maximum absolute atomic E-state index is 12.9. The van der Waals surface area contributed by atoms with Crippen LogP contribution in [0.3, 0.4) is 0 Å². The van der Waals surface area contributed by atoms with E-state index < -0.39 is 23.6 Å². The first-order valence-electron chi connectivity index (χ1n) is 8.84. The molecule has 1 aliphatic rings. The molecule has 1 saturated heterocycles. The number of nitrogens with zero attached hydrogens (tertiary/aromatic N) is 3. The molecule has 3 heterocycles. The number of aliphatic hydroxyl groups excluding tert-OH is 1. The van der Waals surface area contributed by atoms with Crippen LogP contribution in [0.25, 0.3) is 22.5 Å². The van der Waals surface area contributed by atoms with Crippen LogP contribution in [0, 0.1) is 6.92 Å². The predicted molar refractivity (Wildman–Crippen MR) is 96.1 cm³/mol. The van der Waals surface area contributed by atoms with Crippen molar-refractivity contribution in [2.75, 3.05) is 18.0 Å². The number of phenols is 1. The van der Waals surface area contributed by atoms with E-state index in [4.69, 9.17) is 4.42 Å². The fourth-order valence-corrected chi connectivity index (χ4v) is 3.48. The van der Waals surface area contributed by atoms with Gasteiger partial charge in [0.25, 0.3) is 6.01 Å². The Bertz CT molecular complexity index is 1010. The minimum atomic E-state index is -4.54. The number of hydrogen-bond donors (Lipinski definition) is 2. The van der Waals surface area contributed by atoms with Gasteiger partial charge in [0, 0.05) is 18.7 Å². The minimum absolute atomic E-state index is 0.216. The summed E-state index contributed by atoms with van der Waals surface area (Å²) in [5.74, 6) is -0.498. The number of anilines is 1. The van der Waals surface area contributed by atoms with Gasteiger partial charge >= 0.3 is 6.18 Å². The normalized spacial score (nSPS) is 18.0. The molecule has 0 amide bonds. The molecular weight excluding hydrogens is 375 g/mol. The molecule has 1 fully saturated rings. The van der Waals surface area contributed by atoms with Crippen LogP contribution in [0.2, 0.25) is 0 Å². The fourth-order valence-electron chi connectivity index (χ4n) is 3.48. The lowest BCUT2D eigenvalue weighted by atomic mass is 10.0. The van der Waals surface area contributed by atoms with Crippen molar-refractivity contribution in [3.05, 3.63) is 35.4 Å². The molecule has 2 N–H and O–H groups in total. The first-order chi connectivity index (χ1) is 13.2. The van der Waals surface area contributed by atoms with Crippen LogP contribution in [0.5, 0.6) is 5.75 Å². The van der Waals surface area contributed by atoms with Crippen LogP contribution in [-0.2, 0) is 6.18 Å². The van der Waals surface area contributed by atoms with Crippen molar-refractivity contribution in [3.8, 4) is 17.0 Å². The second-order valence-corrected chi connectivity index (χ2v) is 6.94. The number of alkyl halides is 3. The highest BCUT2D eigenvalue weighted by molar-refractivity contribution is 5.78. The molecule has 9 heteroatoms. The molecular formula is C19H18F3N3O3. The van der Waals surface area contributed by atoms with E-state index in [1.165, 1.54) is 6.92 Å². The fraction of sp³-hybridized carbons (Fsp3) is 0.368. The number of halogens is 3. The quantitative estimate of drug-likeness (QED) is 0.688. The number of hydrogen-bond acceptors (Lipinski definition) is 6. The van der Waals surface area contributed by atoms with Crippen LogP contribution >= 0.6 is 0 Å². The van der Waals surface area contributed by atoms with Gasteiger partial charge in [0.05, 0.1) is 17.4 Å². The lowest BCUT2D eigenvalue weighted by Crippen LogP contribution is -2.38. The number of pyridine rings is 1. The molecule has 0 spiro atoms. The molecule has 0 bridgehead atoms. The number of benzene rings is 1. The third-order valence-corrected chi connectivity index (χ3v) is 4.81. The molecule has 0 unspecified atom stereocenters. The lowest BCUT2D eigenvalue weighted by Gasteiger charge is -2.28. The average Bonchev–Trinajstić information content (AvgIpc) is 3.04. The van der Waals surface area contributed by atoms with E-state index in [1.54, 1.807) is 12.1 Å². The zero-order valence-corrected chi connectivity index (χ0v) is 15.0. The number of fused-ring (bicyclic) bond motifs is 1. The molecule has 4 rings (SSSR count). The van der Waals surface area contributed by atoms with Crippen molar-refractivity contribution in [1.29, 1.82) is 0 Å². The lowest BCUT2D eigenvalue weighted by molar-refractivity contribution is -0.137. The van der Waals surface area contributed by atoms with Crippen LogP contribution in [-0.4, -0.2) is 39.4 Å². The number of aromatic hydroxyl groups is 1. The van der Waals surface area contributed by atoms with E-state index in [1.807, 2.05) is 4.90 Å². The standard InChI is InChI=1S/C19H18F3N3O3/c1-10-7-11(19(20,21)22)8-14(27)16(10)13-4-5-15-17(23-13)24-18(28-15)25-6-2-3-12(26)9-25/h4-5,7-8,12,26-27H,2-3,6,9H2,1H3/t12-/m1/s1. The second kappa shape index (κ2) is 6.66. The zero-order chi connectivity index (χ0) is 20.1. The van der Waals surface area contributed by atoms with Crippen LogP contribution in [0.15, 0.2) is 28.7 Å². The maximum Gasteiger partial charge on any atom is 0.416 e. The molecule has 148 valence electrons. The van der Waals surface area contributed by atoms with E-state index in [9.17, 15) is 23.4 Å².